The van der Waals surface area contributed by atoms with Gasteiger partial charge in [-0.15, -0.1) is 12.4 Å². The van der Waals surface area contributed by atoms with Crippen molar-refractivity contribution in [1.82, 2.24) is 0 Å². The van der Waals surface area contributed by atoms with Crippen LogP contribution < -0.4 is 20.1 Å². The molecule has 4 rings (SSSR count). The van der Waals surface area contributed by atoms with Gasteiger partial charge in [-0.3, -0.25) is 4.79 Å². The highest BCUT2D eigenvalue weighted by molar-refractivity contribution is 6.37. The van der Waals surface area contributed by atoms with Gasteiger partial charge in [-0.25, -0.2) is 0 Å². The van der Waals surface area contributed by atoms with Gasteiger partial charge in [0.25, 0.3) is 0 Å². The lowest BCUT2D eigenvalue weighted by molar-refractivity contribution is -0.137. The van der Waals surface area contributed by atoms with E-state index in [0.29, 0.717) is 58.6 Å². The van der Waals surface area contributed by atoms with E-state index in [0.717, 1.165) is 23.3 Å². The molecule has 1 aliphatic heterocycles. The fraction of sp³-hybridized carbons (Fsp3) is 0.345. The van der Waals surface area contributed by atoms with E-state index in [1.54, 1.807) is 29.2 Å². The summed E-state index contributed by atoms with van der Waals surface area (Å²) in [6.07, 6.45) is -2.94. The maximum Gasteiger partial charge on any atom is 0.416 e. The number of amides is 1. The van der Waals surface area contributed by atoms with Gasteiger partial charge in [-0.05, 0) is 85.3 Å². The molecular formula is C29H30Cl3F3N2O3. The Morgan fingerprint density at radius 2 is 1.68 bits per heavy atom. The van der Waals surface area contributed by atoms with Crippen LogP contribution in [-0.2, 0) is 23.8 Å². The summed E-state index contributed by atoms with van der Waals surface area (Å²) in [4.78, 5) is 14.9. The number of nitrogens with zero attached hydrogens (tertiary/aromatic N) is 1. The first-order valence-electron chi connectivity index (χ1n) is 12.6. The largest absolute Gasteiger partial charge is 0.490 e. The Labute approximate surface area is 247 Å². The van der Waals surface area contributed by atoms with Crippen LogP contribution >= 0.6 is 35.6 Å². The van der Waals surface area contributed by atoms with E-state index in [1.807, 2.05) is 19.1 Å². The van der Waals surface area contributed by atoms with Crippen molar-refractivity contribution >= 4 is 47.2 Å². The Balaban J connectivity index is 0.00000441. The van der Waals surface area contributed by atoms with Crippen molar-refractivity contribution in [1.29, 1.82) is 0 Å². The second-order valence-corrected chi connectivity index (χ2v) is 10.3. The van der Waals surface area contributed by atoms with Crippen LogP contribution in [0.4, 0.5) is 18.9 Å². The minimum Gasteiger partial charge on any atom is -0.490 e. The van der Waals surface area contributed by atoms with Crippen molar-refractivity contribution in [2.45, 2.75) is 32.4 Å². The van der Waals surface area contributed by atoms with Gasteiger partial charge in [0, 0.05) is 18.8 Å². The average molecular weight is 618 g/mol. The predicted molar refractivity (Wildman–Crippen MR) is 154 cm³/mol. The van der Waals surface area contributed by atoms with Gasteiger partial charge < -0.3 is 20.1 Å². The summed E-state index contributed by atoms with van der Waals surface area (Å²) in [5, 5.41) is 0.875. The lowest BCUT2D eigenvalue weighted by Crippen LogP contribution is -2.42. The Kier molecular flexibility index (Phi) is 11.0. The van der Waals surface area contributed by atoms with Crippen molar-refractivity contribution in [2.75, 3.05) is 31.2 Å². The number of alkyl halides is 3. The number of fused-ring (bicyclic) bond motifs is 1. The highest BCUT2D eigenvalue weighted by Gasteiger charge is 2.33. The van der Waals surface area contributed by atoms with E-state index in [1.165, 1.54) is 6.07 Å². The van der Waals surface area contributed by atoms with Gasteiger partial charge in [0.1, 0.15) is 19.0 Å². The van der Waals surface area contributed by atoms with Crippen LogP contribution in [0.25, 0.3) is 0 Å². The maximum absolute atomic E-state index is 13.4. The van der Waals surface area contributed by atoms with E-state index < -0.39 is 17.7 Å². The summed E-state index contributed by atoms with van der Waals surface area (Å²) in [6, 6.07) is 14.4. The highest BCUT2D eigenvalue weighted by Crippen LogP contribution is 2.36. The van der Waals surface area contributed by atoms with E-state index in [4.69, 9.17) is 38.4 Å². The minimum atomic E-state index is -4.42. The summed E-state index contributed by atoms with van der Waals surface area (Å²) in [5.74, 6) is 0.341. The Morgan fingerprint density at radius 1 is 1.02 bits per heavy atom. The fourth-order valence-electron chi connectivity index (χ4n) is 4.63. The maximum atomic E-state index is 13.4. The number of nitrogens with two attached hydrogens (primary N) is 1. The van der Waals surface area contributed by atoms with Gasteiger partial charge in [0.05, 0.1) is 21.5 Å². The van der Waals surface area contributed by atoms with Crippen LogP contribution in [0.1, 0.15) is 28.7 Å². The van der Waals surface area contributed by atoms with Crippen molar-refractivity contribution < 1.29 is 27.4 Å². The third kappa shape index (κ3) is 7.75. The molecule has 0 saturated carbocycles. The molecule has 0 bridgehead atoms. The second kappa shape index (κ2) is 13.8. The first kappa shape index (κ1) is 31.9. The molecule has 0 spiro atoms. The number of benzene rings is 3. The van der Waals surface area contributed by atoms with Crippen molar-refractivity contribution in [3.8, 4) is 11.5 Å². The molecule has 2 N–H and O–H groups in total. The number of ether oxygens (including phenoxy) is 2. The van der Waals surface area contributed by atoms with E-state index in [-0.39, 0.29) is 38.1 Å². The van der Waals surface area contributed by atoms with Crippen molar-refractivity contribution in [2.24, 2.45) is 11.7 Å². The first-order chi connectivity index (χ1) is 18.6. The Bertz CT molecular complexity index is 1300. The van der Waals surface area contributed by atoms with Crippen LogP contribution in [0.5, 0.6) is 11.5 Å². The number of carbonyl (C=O) groups is 1. The van der Waals surface area contributed by atoms with Crippen molar-refractivity contribution in [3.63, 3.8) is 0 Å². The molecule has 1 amide bonds. The lowest BCUT2D eigenvalue weighted by Gasteiger charge is -2.32. The molecule has 0 radical (unpaired) electrons. The highest BCUT2D eigenvalue weighted by atomic mass is 35.5. The average Bonchev–Trinajstić information content (AvgIpc) is 2.90. The minimum absolute atomic E-state index is 0. The van der Waals surface area contributed by atoms with Crippen molar-refractivity contribution in [3.05, 3.63) is 86.9 Å². The Hall–Kier alpha value is -2.65. The molecule has 0 saturated heterocycles. The monoisotopic (exact) mass is 616 g/mol. The van der Waals surface area contributed by atoms with Crippen LogP contribution in [0.2, 0.25) is 10.0 Å². The van der Waals surface area contributed by atoms with Crippen LogP contribution in [0.15, 0.2) is 54.6 Å². The number of hydrogen-bond donors (Lipinski definition) is 1. The van der Waals surface area contributed by atoms with Crippen LogP contribution in [-0.4, -0.2) is 32.2 Å². The summed E-state index contributed by atoms with van der Waals surface area (Å²) in [5.41, 5.74) is 8.14. The van der Waals surface area contributed by atoms with Gasteiger partial charge in [-0.1, -0.05) is 35.3 Å². The zero-order valence-electron chi connectivity index (χ0n) is 21.8. The molecule has 0 aromatic heterocycles. The molecule has 3 aromatic carbocycles. The number of rotatable bonds is 9. The topological polar surface area (TPSA) is 64.8 Å². The molecule has 0 fully saturated rings. The SMILES string of the molecule is Cc1cc(Cl)c(OCCOc2ccc(CC(CN)C(=O)N3CCCc4cc(C(F)(F)F)ccc43)cc2)c(Cl)c1.Cl. The van der Waals surface area contributed by atoms with Gasteiger partial charge in [0.2, 0.25) is 5.91 Å². The summed E-state index contributed by atoms with van der Waals surface area (Å²) >= 11 is 12.4. The molecule has 5 nitrogen and oxygen atoms in total. The number of anilines is 1. The molecule has 216 valence electrons. The third-order valence-corrected chi connectivity index (χ3v) is 7.13. The lowest BCUT2D eigenvalue weighted by atomic mass is 9.94. The fourth-order valence-corrected chi connectivity index (χ4v) is 5.33. The Morgan fingerprint density at radius 3 is 2.30 bits per heavy atom. The van der Waals surface area contributed by atoms with Gasteiger partial charge in [-0.2, -0.15) is 13.2 Å². The molecule has 11 heteroatoms. The van der Waals surface area contributed by atoms with Crippen LogP contribution in [0, 0.1) is 12.8 Å². The predicted octanol–water partition coefficient (Wildman–Crippen LogP) is 7.30. The smallest absolute Gasteiger partial charge is 0.416 e. The molecule has 1 unspecified atom stereocenters. The van der Waals surface area contributed by atoms with E-state index in [2.05, 4.69) is 0 Å². The standard InChI is InChI=1S/C29H29Cl2F3N2O3.ClH/c1-18-13-24(30)27(25(31)14-18)39-12-11-38-23-7-4-19(5-8-23)15-21(17-35)28(37)36-10-2-3-20-16-22(29(32,33)34)6-9-26(20)36;/h4-9,13-14,16,21H,2-3,10-12,15,17,35H2,1H3;1H. The summed E-state index contributed by atoms with van der Waals surface area (Å²) in [6.45, 7) is 2.97. The van der Waals surface area contributed by atoms with E-state index >= 15 is 0 Å². The molecular weight excluding hydrogens is 588 g/mol. The second-order valence-electron chi connectivity index (χ2n) is 9.47. The third-order valence-electron chi connectivity index (χ3n) is 6.57. The van der Waals surface area contributed by atoms with Gasteiger partial charge >= 0.3 is 6.18 Å². The molecule has 1 aliphatic rings. The first-order valence-corrected chi connectivity index (χ1v) is 13.3. The number of carbonyl (C=O) groups excluding carboxylic acids is 1. The zero-order chi connectivity index (χ0) is 28.2. The molecule has 40 heavy (non-hydrogen) atoms. The zero-order valence-corrected chi connectivity index (χ0v) is 24.1. The molecule has 1 atom stereocenters. The number of hydrogen-bond acceptors (Lipinski definition) is 4. The number of halogens is 6. The van der Waals surface area contributed by atoms with Gasteiger partial charge in [0.15, 0.2) is 5.75 Å². The molecule has 3 aromatic rings. The summed E-state index contributed by atoms with van der Waals surface area (Å²) < 4.78 is 50.8. The van der Waals surface area contributed by atoms with Crippen LogP contribution in [0.3, 0.4) is 0 Å². The number of aryl methyl sites for hydroxylation is 2. The molecule has 1 heterocycles. The van der Waals surface area contributed by atoms with E-state index in [9.17, 15) is 18.0 Å². The molecule has 0 aliphatic carbocycles. The quantitative estimate of drug-likeness (QED) is 0.256. The summed E-state index contributed by atoms with van der Waals surface area (Å²) in [7, 11) is 0. The normalized spacial score (nSPS) is 13.7.